The van der Waals surface area contributed by atoms with Gasteiger partial charge in [-0.2, -0.15) is 0 Å². The fourth-order valence-corrected chi connectivity index (χ4v) is 1.98. The van der Waals surface area contributed by atoms with Crippen LogP contribution in [0.4, 0.5) is 20.2 Å². The molecule has 0 spiro atoms. The monoisotopic (exact) mass is 292 g/mol. The zero-order valence-corrected chi connectivity index (χ0v) is 11.6. The molecule has 2 aromatic rings. The van der Waals surface area contributed by atoms with E-state index in [1.807, 2.05) is 0 Å². The first-order valence-corrected chi connectivity index (χ1v) is 6.35. The largest absolute Gasteiger partial charge is 0.373 e. The molecule has 0 aliphatic carbocycles. The molecule has 2 aromatic carbocycles. The molecule has 4 nitrogen and oxygen atoms in total. The molecule has 0 bridgehead atoms. The van der Waals surface area contributed by atoms with Gasteiger partial charge < -0.3 is 5.32 Å². The quantitative estimate of drug-likeness (QED) is 0.673. The molecule has 0 saturated carbocycles. The van der Waals surface area contributed by atoms with Gasteiger partial charge in [0.1, 0.15) is 17.3 Å². The summed E-state index contributed by atoms with van der Waals surface area (Å²) in [6, 6.07) is 7.49. The first-order valence-electron chi connectivity index (χ1n) is 6.35. The van der Waals surface area contributed by atoms with Gasteiger partial charge in [0.15, 0.2) is 0 Å². The molecule has 6 heteroatoms. The Bertz CT molecular complexity index is 689. The molecule has 1 atom stereocenters. The fourth-order valence-electron chi connectivity index (χ4n) is 1.98. The van der Waals surface area contributed by atoms with Crippen molar-refractivity contribution in [3.05, 3.63) is 69.3 Å². The molecule has 1 unspecified atom stereocenters. The van der Waals surface area contributed by atoms with Crippen LogP contribution < -0.4 is 5.32 Å². The minimum Gasteiger partial charge on any atom is -0.373 e. The minimum atomic E-state index is -0.593. The highest BCUT2D eigenvalue weighted by atomic mass is 19.1. The second-order valence-electron chi connectivity index (χ2n) is 4.79. The Hall–Kier alpha value is -2.50. The van der Waals surface area contributed by atoms with Gasteiger partial charge in [0, 0.05) is 18.2 Å². The van der Waals surface area contributed by atoms with Crippen molar-refractivity contribution in [2.75, 3.05) is 5.32 Å². The van der Waals surface area contributed by atoms with Gasteiger partial charge in [0.2, 0.25) is 0 Å². The molecule has 0 aliphatic rings. The van der Waals surface area contributed by atoms with Crippen molar-refractivity contribution in [3.63, 3.8) is 0 Å². The van der Waals surface area contributed by atoms with Gasteiger partial charge in [-0.05, 0) is 37.1 Å². The topological polar surface area (TPSA) is 55.2 Å². The number of halogens is 2. The third-order valence-corrected chi connectivity index (χ3v) is 3.22. The molecule has 0 fully saturated rings. The van der Waals surface area contributed by atoms with Crippen LogP contribution in [0.25, 0.3) is 0 Å². The summed E-state index contributed by atoms with van der Waals surface area (Å²) >= 11 is 0. The maximum absolute atomic E-state index is 13.6. The molecular formula is C15H14F2N2O2. The number of nitrogens with one attached hydrogen (secondary N) is 1. The number of anilines is 1. The Labute approximate surface area is 120 Å². The maximum Gasteiger partial charge on any atom is 0.292 e. The minimum absolute atomic E-state index is 0.0634. The lowest BCUT2D eigenvalue weighted by atomic mass is 10.1. The van der Waals surface area contributed by atoms with E-state index in [1.54, 1.807) is 26.0 Å². The number of hydrogen-bond donors (Lipinski definition) is 1. The molecule has 0 aliphatic heterocycles. The van der Waals surface area contributed by atoms with Gasteiger partial charge in [-0.15, -0.1) is 0 Å². The second-order valence-corrected chi connectivity index (χ2v) is 4.79. The van der Waals surface area contributed by atoms with E-state index in [4.69, 9.17) is 0 Å². The lowest BCUT2D eigenvalue weighted by molar-refractivity contribution is -0.384. The molecular weight excluding hydrogens is 278 g/mol. The smallest absolute Gasteiger partial charge is 0.292 e. The molecule has 21 heavy (non-hydrogen) atoms. The predicted octanol–water partition coefficient (Wildman–Crippen LogP) is 4.35. The molecule has 0 saturated heterocycles. The molecule has 0 amide bonds. The number of nitro groups is 1. The van der Waals surface area contributed by atoms with Gasteiger partial charge in [-0.25, -0.2) is 8.78 Å². The standard InChI is InChI=1S/C15H14F2N2O2/c1-9-3-4-11(7-13(9)17)10(2)18-14-8-12(16)5-6-15(14)19(20)21/h3-8,10,18H,1-2H3. The van der Waals surface area contributed by atoms with Gasteiger partial charge in [0.05, 0.1) is 4.92 Å². The van der Waals surface area contributed by atoms with Gasteiger partial charge >= 0.3 is 0 Å². The average Bonchev–Trinajstić information content (AvgIpc) is 2.41. The van der Waals surface area contributed by atoms with Crippen LogP contribution in [0.1, 0.15) is 24.1 Å². The van der Waals surface area contributed by atoms with Crippen molar-refractivity contribution in [1.82, 2.24) is 0 Å². The number of nitrogens with zero attached hydrogens (tertiary/aromatic N) is 1. The van der Waals surface area contributed by atoms with Crippen LogP contribution in [0, 0.1) is 28.7 Å². The van der Waals surface area contributed by atoms with E-state index in [1.165, 1.54) is 6.07 Å². The number of rotatable bonds is 4. The van der Waals surface area contributed by atoms with E-state index < -0.39 is 16.8 Å². The SMILES string of the molecule is Cc1ccc(C(C)Nc2cc(F)ccc2[N+](=O)[O-])cc1F. The van der Waals surface area contributed by atoms with E-state index in [-0.39, 0.29) is 17.2 Å². The van der Waals surface area contributed by atoms with Crippen LogP contribution in [-0.2, 0) is 0 Å². The summed E-state index contributed by atoms with van der Waals surface area (Å²) in [6.07, 6.45) is 0. The summed E-state index contributed by atoms with van der Waals surface area (Å²) in [5.41, 5.74) is 0.976. The summed E-state index contributed by atoms with van der Waals surface area (Å²) < 4.78 is 26.8. The van der Waals surface area contributed by atoms with Crippen molar-refractivity contribution >= 4 is 11.4 Å². The third-order valence-electron chi connectivity index (χ3n) is 3.22. The predicted molar refractivity (Wildman–Crippen MR) is 76.2 cm³/mol. The molecule has 0 radical (unpaired) electrons. The number of aryl methyl sites for hydroxylation is 1. The van der Waals surface area contributed by atoms with E-state index in [0.29, 0.717) is 11.1 Å². The van der Waals surface area contributed by atoms with Crippen molar-refractivity contribution in [3.8, 4) is 0 Å². The van der Waals surface area contributed by atoms with E-state index >= 15 is 0 Å². The molecule has 0 heterocycles. The van der Waals surface area contributed by atoms with Crippen LogP contribution in [0.3, 0.4) is 0 Å². The van der Waals surface area contributed by atoms with E-state index in [0.717, 1.165) is 18.2 Å². The van der Waals surface area contributed by atoms with E-state index in [9.17, 15) is 18.9 Å². The summed E-state index contributed by atoms with van der Waals surface area (Å²) in [7, 11) is 0. The number of nitro benzene ring substituents is 1. The maximum atomic E-state index is 13.6. The van der Waals surface area contributed by atoms with Crippen LogP contribution >= 0.6 is 0 Å². The number of benzene rings is 2. The highest BCUT2D eigenvalue weighted by Crippen LogP contribution is 2.29. The molecule has 1 N–H and O–H groups in total. The van der Waals surface area contributed by atoms with Crippen molar-refractivity contribution in [2.45, 2.75) is 19.9 Å². The highest BCUT2D eigenvalue weighted by molar-refractivity contribution is 5.62. The fraction of sp³-hybridized carbons (Fsp3) is 0.200. The first kappa shape index (κ1) is 14.9. The normalized spacial score (nSPS) is 12.0. The first-order chi connectivity index (χ1) is 9.88. The molecule has 2 rings (SSSR count). The lowest BCUT2D eigenvalue weighted by Crippen LogP contribution is -2.09. The zero-order valence-electron chi connectivity index (χ0n) is 11.6. The van der Waals surface area contributed by atoms with Crippen LogP contribution in [-0.4, -0.2) is 4.92 Å². The Morgan fingerprint density at radius 3 is 2.52 bits per heavy atom. The van der Waals surface area contributed by atoms with E-state index in [2.05, 4.69) is 5.32 Å². The second kappa shape index (κ2) is 5.87. The molecule has 110 valence electrons. The van der Waals surface area contributed by atoms with Gasteiger partial charge in [0.25, 0.3) is 5.69 Å². The van der Waals surface area contributed by atoms with Crippen molar-refractivity contribution in [1.29, 1.82) is 0 Å². The summed E-state index contributed by atoms with van der Waals surface area (Å²) in [5.74, 6) is -0.930. The Morgan fingerprint density at radius 1 is 1.19 bits per heavy atom. The Kier molecular flexibility index (Phi) is 4.16. The van der Waals surface area contributed by atoms with Crippen LogP contribution in [0.5, 0.6) is 0 Å². The lowest BCUT2D eigenvalue weighted by Gasteiger charge is -2.16. The molecule has 0 aromatic heterocycles. The zero-order chi connectivity index (χ0) is 15.6. The van der Waals surface area contributed by atoms with Crippen LogP contribution in [0.2, 0.25) is 0 Å². The summed E-state index contributed by atoms with van der Waals surface area (Å²) in [4.78, 5) is 10.3. The van der Waals surface area contributed by atoms with Gasteiger partial charge in [-0.3, -0.25) is 10.1 Å². The third kappa shape index (κ3) is 3.34. The Balaban J connectivity index is 2.30. The number of hydrogen-bond acceptors (Lipinski definition) is 3. The summed E-state index contributed by atoms with van der Waals surface area (Å²) in [5, 5.41) is 13.8. The van der Waals surface area contributed by atoms with Crippen molar-refractivity contribution < 1.29 is 13.7 Å². The van der Waals surface area contributed by atoms with Crippen LogP contribution in [0.15, 0.2) is 36.4 Å². The van der Waals surface area contributed by atoms with Gasteiger partial charge in [-0.1, -0.05) is 12.1 Å². The average molecular weight is 292 g/mol. The highest BCUT2D eigenvalue weighted by Gasteiger charge is 2.17. The van der Waals surface area contributed by atoms with Crippen molar-refractivity contribution in [2.24, 2.45) is 0 Å². The Morgan fingerprint density at radius 2 is 1.90 bits per heavy atom. The summed E-state index contributed by atoms with van der Waals surface area (Å²) in [6.45, 7) is 3.37.